The monoisotopic (exact) mass is 394 g/mol. The summed E-state index contributed by atoms with van der Waals surface area (Å²) in [4.78, 5) is 15.4. The molecule has 0 aromatic heterocycles. The maximum atomic E-state index is 13.1. The van der Waals surface area contributed by atoms with Gasteiger partial charge in [0, 0.05) is 30.3 Å². The van der Waals surface area contributed by atoms with Gasteiger partial charge in [0.2, 0.25) is 5.91 Å². The maximum Gasteiger partial charge on any atom is 0.241 e. The van der Waals surface area contributed by atoms with Crippen LogP contribution in [0.3, 0.4) is 0 Å². The predicted molar refractivity (Wildman–Crippen MR) is 113 cm³/mol. The van der Waals surface area contributed by atoms with Gasteiger partial charge in [-0.15, -0.1) is 23.5 Å². The number of morpholine rings is 1. The van der Waals surface area contributed by atoms with Crippen molar-refractivity contribution in [3.05, 3.63) is 29.8 Å². The van der Waals surface area contributed by atoms with Gasteiger partial charge < -0.3 is 10.1 Å². The Hall–Kier alpha value is -0.690. The van der Waals surface area contributed by atoms with E-state index >= 15 is 0 Å². The third kappa shape index (κ3) is 4.97. The molecule has 3 unspecified atom stereocenters. The van der Waals surface area contributed by atoms with Crippen LogP contribution in [0.25, 0.3) is 0 Å². The van der Waals surface area contributed by atoms with Gasteiger partial charge in [-0.2, -0.15) is 0 Å². The van der Waals surface area contributed by atoms with Crippen LogP contribution in [-0.4, -0.2) is 53.7 Å². The van der Waals surface area contributed by atoms with E-state index in [-0.39, 0.29) is 30.1 Å². The maximum absolute atomic E-state index is 13.1. The first-order valence-electron chi connectivity index (χ1n) is 9.47. The van der Waals surface area contributed by atoms with Crippen molar-refractivity contribution < 1.29 is 9.53 Å². The molecule has 0 bridgehead atoms. The Labute approximate surface area is 165 Å². The molecule has 1 N–H and O–H groups in total. The number of anilines is 1. The van der Waals surface area contributed by atoms with E-state index in [0.29, 0.717) is 4.58 Å². The lowest BCUT2D eigenvalue weighted by molar-refractivity contribution is -0.130. The lowest BCUT2D eigenvalue weighted by Crippen LogP contribution is -2.55. The van der Waals surface area contributed by atoms with E-state index < -0.39 is 0 Å². The topological polar surface area (TPSA) is 41.6 Å². The minimum Gasteiger partial charge on any atom is -0.373 e. The van der Waals surface area contributed by atoms with Crippen molar-refractivity contribution in [1.82, 2.24) is 4.90 Å². The highest BCUT2D eigenvalue weighted by molar-refractivity contribution is 8.19. The van der Waals surface area contributed by atoms with Gasteiger partial charge in [0.25, 0.3) is 0 Å². The number of nitrogens with one attached hydrogen (secondary N) is 1. The number of ether oxygens (including phenoxy) is 1. The molecule has 0 aliphatic carbocycles. The number of hydrogen-bond donors (Lipinski definition) is 1. The normalized spacial score (nSPS) is 26.2. The van der Waals surface area contributed by atoms with Crippen molar-refractivity contribution in [2.75, 3.05) is 29.9 Å². The van der Waals surface area contributed by atoms with Gasteiger partial charge in [0.1, 0.15) is 0 Å². The zero-order chi connectivity index (χ0) is 18.7. The fourth-order valence-electron chi connectivity index (χ4n) is 3.87. The lowest BCUT2D eigenvalue weighted by atomic mass is 9.99. The highest BCUT2D eigenvalue weighted by atomic mass is 32.2. The van der Waals surface area contributed by atoms with Crippen LogP contribution in [-0.2, 0) is 9.53 Å². The zero-order valence-electron chi connectivity index (χ0n) is 16.1. The first-order valence-corrected chi connectivity index (χ1v) is 11.6. The Morgan fingerprint density at radius 1 is 1.19 bits per heavy atom. The Balaban J connectivity index is 1.71. The molecule has 2 fully saturated rings. The van der Waals surface area contributed by atoms with Crippen molar-refractivity contribution >= 4 is 35.1 Å². The third-order valence-corrected chi connectivity index (χ3v) is 7.89. The van der Waals surface area contributed by atoms with Gasteiger partial charge in [-0.3, -0.25) is 9.69 Å². The first kappa shape index (κ1) is 20.1. The zero-order valence-corrected chi connectivity index (χ0v) is 17.7. The Morgan fingerprint density at radius 3 is 2.46 bits per heavy atom. The standard InChI is InChI=1S/C20H30N2O2S2/c1-13(2)18(22-11-14(3)24-15(4)12-22)19(23)21-17-7-5-6-16(10-17)20-25-8-9-26-20/h5-7,10,13-15,18,20H,8-9,11-12H2,1-4H3,(H,21,23). The average Bonchev–Trinajstić information content (AvgIpc) is 3.08. The molecule has 4 nitrogen and oxygen atoms in total. The first-order chi connectivity index (χ1) is 12.4. The molecular formula is C20H30N2O2S2. The number of carbonyl (C=O) groups excluding carboxylic acids is 1. The van der Waals surface area contributed by atoms with Crippen molar-refractivity contribution in [3.8, 4) is 0 Å². The third-order valence-electron chi connectivity index (χ3n) is 4.79. The van der Waals surface area contributed by atoms with Gasteiger partial charge >= 0.3 is 0 Å². The molecule has 1 aromatic carbocycles. The Kier molecular flexibility index (Phi) is 6.94. The van der Waals surface area contributed by atoms with Crippen LogP contribution in [0.5, 0.6) is 0 Å². The minimum atomic E-state index is -0.136. The van der Waals surface area contributed by atoms with Gasteiger partial charge in [-0.1, -0.05) is 26.0 Å². The number of nitrogens with zero attached hydrogens (tertiary/aromatic N) is 1. The lowest BCUT2D eigenvalue weighted by Gasteiger charge is -2.41. The van der Waals surface area contributed by atoms with Gasteiger partial charge in [0.05, 0.1) is 22.8 Å². The molecule has 0 radical (unpaired) electrons. The molecule has 3 rings (SSSR count). The summed E-state index contributed by atoms with van der Waals surface area (Å²) in [5.41, 5.74) is 2.20. The van der Waals surface area contributed by atoms with Gasteiger partial charge in [0.15, 0.2) is 0 Å². The van der Waals surface area contributed by atoms with Crippen molar-refractivity contribution in [2.45, 2.75) is 50.5 Å². The summed E-state index contributed by atoms with van der Waals surface area (Å²) in [6.07, 6.45) is 0.320. The highest BCUT2D eigenvalue weighted by Gasteiger charge is 2.34. The molecule has 2 aliphatic heterocycles. The molecule has 3 atom stereocenters. The number of thioether (sulfide) groups is 2. The average molecular weight is 395 g/mol. The molecule has 1 aromatic rings. The molecular weight excluding hydrogens is 364 g/mol. The van der Waals surface area contributed by atoms with E-state index in [9.17, 15) is 4.79 Å². The predicted octanol–water partition coefficient (Wildman–Crippen LogP) is 4.24. The fraction of sp³-hybridized carbons (Fsp3) is 0.650. The van der Waals surface area contributed by atoms with E-state index in [2.05, 4.69) is 50.0 Å². The number of rotatable bonds is 5. The summed E-state index contributed by atoms with van der Waals surface area (Å²) in [5, 5.41) is 3.17. The van der Waals surface area contributed by atoms with Crippen LogP contribution < -0.4 is 5.32 Å². The van der Waals surface area contributed by atoms with Crippen LogP contribution in [0.4, 0.5) is 5.69 Å². The Bertz CT molecular complexity index is 610. The van der Waals surface area contributed by atoms with Gasteiger partial charge in [-0.25, -0.2) is 0 Å². The van der Waals surface area contributed by atoms with E-state index in [1.807, 2.05) is 35.7 Å². The van der Waals surface area contributed by atoms with Crippen molar-refractivity contribution in [3.63, 3.8) is 0 Å². The summed E-state index contributed by atoms with van der Waals surface area (Å²) < 4.78 is 6.33. The second-order valence-corrected chi connectivity index (χ2v) is 10.3. The van der Waals surface area contributed by atoms with Crippen LogP contribution in [0.1, 0.15) is 37.8 Å². The van der Waals surface area contributed by atoms with E-state index in [1.54, 1.807) is 0 Å². The van der Waals surface area contributed by atoms with Crippen molar-refractivity contribution in [1.29, 1.82) is 0 Å². The number of benzene rings is 1. The molecule has 1 amide bonds. The smallest absolute Gasteiger partial charge is 0.241 e. The van der Waals surface area contributed by atoms with Crippen molar-refractivity contribution in [2.24, 2.45) is 5.92 Å². The summed E-state index contributed by atoms with van der Waals surface area (Å²) >= 11 is 3.97. The van der Waals surface area contributed by atoms with Crippen LogP contribution >= 0.6 is 23.5 Å². The van der Waals surface area contributed by atoms with E-state index in [0.717, 1.165) is 18.8 Å². The summed E-state index contributed by atoms with van der Waals surface area (Å²) in [6.45, 7) is 10.0. The largest absolute Gasteiger partial charge is 0.373 e. The number of amides is 1. The van der Waals surface area contributed by atoms with Crippen LogP contribution in [0.15, 0.2) is 24.3 Å². The Morgan fingerprint density at radius 2 is 1.85 bits per heavy atom. The molecule has 2 heterocycles. The number of carbonyl (C=O) groups is 1. The summed E-state index contributed by atoms with van der Waals surface area (Å²) in [6, 6.07) is 8.20. The molecule has 26 heavy (non-hydrogen) atoms. The molecule has 2 aliphatic rings. The number of hydrogen-bond acceptors (Lipinski definition) is 5. The summed E-state index contributed by atoms with van der Waals surface area (Å²) in [7, 11) is 0. The van der Waals surface area contributed by atoms with Crippen LogP contribution in [0.2, 0.25) is 0 Å². The SMILES string of the molecule is CC1CN(C(C(=O)Nc2cccc(C3SCCS3)c2)C(C)C)CC(C)O1. The second-order valence-electron chi connectivity index (χ2n) is 7.59. The molecule has 6 heteroatoms. The highest BCUT2D eigenvalue weighted by Crippen LogP contribution is 2.45. The van der Waals surface area contributed by atoms with Crippen LogP contribution in [0, 0.1) is 5.92 Å². The molecule has 0 spiro atoms. The van der Waals surface area contributed by atoms with E-state index in [1.165, 1.54) is 17.1 Å². The quantitative estimate of drug-likeness (QED) is 0.809. The molecule has 0 saturated carbocycles. The minimum absolute atomic E-state index is 0.0881. The molecule has 2 saturated heterocycles. The second kappa shape index (κ2) is 9.00. The fourth-order valence-corrected chi connectivity index (χ4v) is 6.70. The summed E-state index contributed by atoms with van der Waals surface area (Å²) in [5.74, 6) is 2.74. The van der Waals surface area contributed by atoms with E-state index in [4.69, 9.17) is 4.74 Å². The van der Waals surface area contributed by atoms with Gasteiger partial charge in [-0.05, 0) is 37.5 Å². The molecule has 144 valence electrons.